The summed E-state index contributed by atoms with van der Waals surface area (Å²) in [5, 5.41) is 23.5. The number of esters is 1. The SMILES string of the molecule is O=C(OCc1nccc[n+]1[O-])c1c2c(nc3ccccc13)/C(=C/c1ccc([N+](=O)[O-])cc1)CCC2. The number of carbonyl (C=O) groups is 1. The number of nitro benzene ring substituents is 1. The fraction of sp³-hybridized carbons (Fsp3) is 0.154. The number of rotatable bonds is 5. The summed E-state index contributed by atoms with van der Waals surface area (Å²) < 4.78 is 6.09. The van der Waals surface area contributed by atoms with Gasteiger partial charge in [-0.15, -0.1) is 0 Å². The maximum Gasteiger partial charge on any atom is 0.339 e. The number of nitrogens with zero attached hydrogens (tertiary/aromatic N) is 4. The molecule has 0 bridgehead atoms. The highest BCUT2D eigenvalue weighted by molar-refractivity contribution is 6.06. The van der Waals surface area contributed by atoms with E-state index in [-0.39, 0.29) is 18.1 Å². The first-order valence-electron chi connectivity index (χ1n) is 11.1. The van der Waals surface area contributed by atoms with Gasteiger partial charge in [-0.1, -0.05) is 18.2 Å². The molecule has 35 heavy (non-hydrogen) atoms. The van der Waals surface area contributed by atoms with Crippen LogP contribution in [-0.2, 0) is 17.8 Å². The van der Waals surface area contributed by atoms with Crippen molar-refractivity contribution in [1.82, 2.24) is 9.97 Å². The number of ether oxygens (including phenoxy) is 1. The van der Waals surface area contributed by atoms with Gasteiger partial charge >= 0.3 is 11.8 Å². The Hall–Kier alpha value is -4.66. The Morgan fingerprint density at radius 3 is 2.69 bits per heavy atom. The largest absolute Gasteiger partial charge is 0.711 e. The molecule has 9 heteroatoms. The molecule has 2 aromatic heterocycles. The molecule has 0 unspecified atom stereocenters. The van der Waals surface area contributed by atoms with Gasteiger partial charge in [-0.2, -0.15) is 0 Å². The maximum atomic E-state index is 13.3. The van der Waals surface area contributed by atoms with E-state index in [1.165, 1.54) is 30.6 Å². The summed E-state index contributed by atoms with van der Waals surface area (Å²) in [7, 11) is 0. The molecule has 0 radical (unpaired) electrons. The van der Waals surface area contributed by atoms with Crippen molar-refractivity contribution in [2.24, 2.45) is 0 Å². The van der Waals surface area contributed by atoms with Crippen molar-refractivity contribution in [2.45, 2.75) is 25.9 Å². The summed E-state index contributed by atoms with van der Waals surface area (Å²) in [6.45, 7) is -0.250. The summed E-state index contributed by atoms with van der Waals surface area (Å²) in [6, 6.07) is 15.2. The van der Waals surface area contributed by atoms with E-state index in [2.05, 4.69) is 4.98 Å². The second-order valence-electron chi connectivity index (χ2n) is 8.14. The Labute approximate surface area is 200 Å². The molecule has 9 nitrogen and oxygen atoms in total. The normalized spacial score (nSPS) is 14.0. The standard InChI is InChI=1S/C26H20N4O5/c31-26(35-16-23-27-13-4-14-29(23)32)24-20-6-1-2-8-22(20)28-25-18(5-3-7-21(24)25)15-17-9-11-19(12-10-17)30(33)34/h1-2,4,6,8-15H,3,5,7,16H2/b18-15+. The van der Waals surface area contributed by atoms with Gasteiger partial charge in [-0.3, -0.25) is 10.1 Å². The third-order valence-corrected chi connectivity index (χ3v) is 5.94. The second-order valence-corrected chi connectivity index (χ2v) is 8.14. The summed E-state index contributed by atoms with van der Waals surface area (Å²) in [4.78, 5) is 32.7. The van der Waals surface area contributed by atoms with Gasteiger partial charge in [0, 0.05) is 23.6 Å². The van der Waals surface area contributed by atoms with Crippen LogP contribution in [0.5, 0.6) is 0 Å². The lowest BCUT2D eigenvalue weighted by atomic mass is 9.86. The van der Waals surface area contributed by atoms with Crippen molar-refractivity contribution in [1.29, 1.82) is 0 Å². The van der Waals surface area contributed by atoms with E-state index < -0.39 is 10.9 Å². The van der Waals surface area contributed by atoms with Crippen LogP contribution in [0.2, 0.25) is 0 Å². The average molecular weight is 468 g/mol. The lowest BCUT2D eigenvalue weighted by Crippen LogP contribution is -2.33. The van der Waals surface area contributed by atoms with Crippen LogP contribution < -0.4 is 4.73 Å². The third kappa shape index (κ3) is 4.43. The summed E-state index contributed by atoms with van der Waals surface area (Å²) in [5.74, 6) is -0.450. The van der Waals surface area contributed by atoms with Gasteiger partial charge in [-0.25, -0.2) is 14.5 Å². The van der Waals surface area contributed by atoms with Crippen LogP contribution in [-0.4, -0.2) is 20.9 Å². The molecular weight excluding hydrogens is 448 g/mol. The van der Waals surface area contributed by atoms with Crippen molar-refractivity contribution in [3.8, 4) is 0 Å². The van der Waals surface area contributed by atoms with Gasteiger partial charge in [0.05, 0.1) is 27.9 Å². The molecule has 2 aromatic carbocycles. The quantitative estimate of drug-likeness (QED) is 0.140. The molecule has 174 valence electrons. The van der Waals surface area contributed by atoms with Crippen molar-refractivity contribution < 1.29 is 19.2 Å². The fourth-order valence-corrected chi connectivity index (χ4v) is 4.29. The molecule has 0 aliphatic heterocycles. The van der Waals surface area contributed by atoms with E-state index >= 15 is 0 Å². The smallest absolute Gasteiger partial charge is 0.339 e. The van der Waals surface area contributed by atoms with Crippen LogP contribution in [0, 0.1) is 15.3 Å². The molecule has 2 heterocycles. The van der Waals surface area contributed by atoms with Crippen LogP contribution >= 0.6 is 0 Å². The van der Waals surface area contributed by atoms with Gasteiger partial charge in [0.25, 0.3) is 5.69 Å². The number of carbonyl (C=O) groups excluding carboxylic acids is 1. The number of nitro groups is 1. The zero-order valence-corrected chi connectivity index (χ0v) is 18.6. The zero-order valence-electron chi connectivity index (χ0n) is 18.6. The average Bonchev–Trinajstić information content (AvgIpc) is 2.87. The minimum atomic E-state index is -0.540. The third-order valence-electron chi connectivity index (χ3n) is 5.94. The topological polar surface area (TPSA) is 122 Å². The number of pyridine rings is 1. The highest BCUT2D eigenvalue weighted by Gasteiger charge is 2.26. The molecule has 1 aliphatic rings. The highest BCUT2D eigenvalue weighted by Crippen LogP contribution is 2.36. The van der Waals surface area contributed by atoms with Gasteiger partial charge in [-0.05, 0) is 65.2 Å². The van der Waals surface area contributed by atoms with Gasteiger partial charge in [0.2, 0.25) is 0 Å². The fourth-order valence-electron chi connectivity index (χ4n) is 4.29. The van der Waals surface area contributed by atoms with Gasteiger partial charge < -0.3 is 9.94 Å². The number of allylic oxidation sites excluding steroid dienone is 1. The van der Waals surface area contributed by atoms with E-state index in [4.69, 9.17) is 9.72 Å². The number of hydrogen-bond acceptors (Lipinski definition) is 7. The minimum absolute atomic E-state index is 0.0256. The lowest BCUT2D eigenvalue weighted by Gasteiger charge is -2.22. The Morgan fingerprint density at radius 2 is 1.91 bits per heavy atom. The number of fused-ring (bicyclic) bond motifs is 2. The Bertz CT molecular complexity index is 1480. The van der Waals surface area contributed by atoms with Crippen LogP contribution in [0.1, 0.15) is 45.8 Å². The molecule has 0 saturated carbocycles. The van der Waals surface area contributed by atoms with Gasteiger partial charge in [0.15, 0.2) is 6.61 Å². The Morgan fingerprint density at radius 1 is 1.11 bits per heavy atom. The monoisotopic (exact) mass is 468 g/mol. The number of para-hydroxylation sites is 1. The summed E-state index contributed by atoms with van der Waals surface area (Å²) >= 11 is 0. The second kappa shape index (κ2) is 9.30. The molecule has 5 rings (SSSR count). The molecule has 0 N–H and O–H groups in total. The van der Waals surface area contributed by atoms with Crippen molar-refractivity contribution in [2.75, 3.05) is 0 Å². The van der Waals surface area contributed by atoms with Crippen molar-refractivity contribution in [3.05, 3.63) is 111 Å². The van der Waals surface area contributed by atoms with E-state index in [9.17, 15) is 20.1 Å². The molecular formula is C26H20N4O5. The summed E-state index contributed by atoms with van der Waals surface area (Å²) in [5.41, 5.74) is 4.40. The number of benzene rings is 2. The lowest BCUT2D eigenvalue weighted by molar-refractivity contribution is -0.620. The maximum absolute atomic E-state index is 13.3. The molecule has 0 fully saturated rings. The van der Waals surface area contributed by atoms with E-state index in [0.717, 1.165) is 35.2 Å². The molecule has 4 aromatic rings. The van der Waals surface area contributed by atoms with Crippen LogP contribution in [0.3, 0.4) is 0 Å². The van der Waals surface area contributed by atoms with Crippen LogP contribution in [0.4, 0.5) is 5.69 Å². The number of hydrogen-bond donors (Lipinski definition) is 0. The van der Waals surface area contributed by atoms with Crippen LogP contribution in [0.25, 0.3) is 22.6 Å². The molecule has 0 atom stereocenters. The Kier molecular flexibility index (Phi) is 5.88. The van der Waals surface area contributed by atoms with E-state index in [1.807, 2.05) is 30.3 Å². The number of aromatic nitrogens is 3. The minimum Gasteiger partial charge on any atom is -0.711 e. The van der Waals surface area contributed by atoms with Crippen molar-refractivity contribution in [3.63, 3.8) is 0 Å². The molecule has 0 saturated heterocycles. The van der Waals surface area contributed by atoms with Crippen LogP contribution in [0.15, 0.2) is 67.0 Å². The Balaban J connectivity index is 1.56. The summed E-state index contributed by atoms with van der Waals surface area (Å²) in [6.07, 6.45) is 6.94. The van der Waals surface area contributed by atoms with Gasteiger partial charge in [0.1, 0.15) is 6.20 Å². The first-order valence-corrected chi connectivity index (χ1v) is 11.1. The van der Waals surface area contributed by atoms with E-state index in [1.54, 1.807) is 12.1 Å². The molecule has 1 aliphatic carbocycles. The highest BCUT2D eigenvalue weighted by atomic mass is 16.6. The molecule has 0 amide bonds. The first kappa shape index (κ1) is 22.1. The number of non-ortho nitro benzene ring substituents is 1. The van der Waals surface area contributed by atoms with Crippen molar-refractivity contribution >= 4 is 34.2 Å². The predicted octanol–water partition coefficient (Wildman–Crippen LogP) is 4.41. The van der Waals surface area contributed by atoms with E-state index in [0.29, 0.717) is 27.6 Å². The zero-order chi connectivity index (χ0) is 24.4. The first-order chi connectivity index (χ1) is 17.0. The predicted molar refractivity (Wildman–Crippen MR) is 128 cm³/mol. The molecule has 0 spiro atoms.